The van der Waals surface area contributed by atoms with Gasteiger partial charge in [-0.15, -0.1) is 0 Å². The van der Waals surface area contributed by atoms with Gasteiger partial charge in [-0.05, 0) is 50.1 Å². The number of carbonyl (C=O) groups is 1. The van der Waals surface area contributed by atoms with Crippen LogP contribution in [0.3, 0.4) is 0 Å². The zero-order valence-electron chi connectivity index (χ0n) is 15.9. The van der Waals surface area contributed by atoms with E-state index in [-0.39, 0.29) is 10.8 Å². The van der Waals surface area contributed by atoms with E-state index in [4.69, 9.17) is 4.74 Å². The summed E-state index contributed by atoms with van der Waals surface area (Å²) >= 11 is 0. The molecular formula is C20H25N3O4S. The van der Waals surface area contributed by atoms with Crippen LogP contribution in [0.5, 0.6) is 5.88 Å². The molecule has 0 bridgehead atoms. The molecule has 1 aromatic heterocycles. The summed E-state index contributed by atoms with van der Waals surface area (Å²) in [5, 5.41) is 2.74. The molecule has 2 aromatic rings. The minimum absolute atomic E-state index is 0.184. The van der Waals surface area contributed by atoms with Crippen LogP contribution in [0.1, 0.15) is 43.0 Å². The third-order valence-corrected chi connectivity index (χ3v) is 6.49. The average Bonchev–Trinajstić information content (AvgIpc) is 2.99. The van der Waals surface area contributed by atoms with Crippen LogP contribution in [0.2, 0.25) is 0 Å². The third kappa shape index (κ3) is 4.69. The second kappa shape index (κ2) is 9.16. The number of aromatic nitrogens is 1. The van der Waals surface area contributed by atoms with E-state index >= 15 is 0 Å². The summed E-state index contributed by atoms with van der Waals surface area (Å²) in [5.41, 5.74) is 0.706. The Morgan fingerprint density at radius 2 is 1.89 bits per heavy atom. The van der Waals surface area contributed by atoms with Gasteiger partial charge in [0.2, 0.25) is 15.9 Å². The number of rotatable bonds is 6. The van der Waals surface area contributed by atoms with Gasteiger partial charge in [-0.1, -0.05) is 18.9 Å². The zero-order valence-corrected chi connectivity index (χ0v) is 16.7. The number of nitrogens with one attached hydrogen (secondary N) is 1. The van der Waals surface area contributed by atoms with E-state index in [2.05, 4.69) is 10.3 Å². The number of anilines is 1. The van der Waals surface area contributed by atoms with Gasteiger partial charge in [0.1, 0.15) is 5.56 Å². The first-order valence-corrected chi connectivity index (χ1v) is 11.0. The molecule has 150 valence electrons. The minimum atomic E-state index is -3.58. The lowest BCUT2D eigenvalue weighted by atomic mass is 10.2. The van der Waals surface area contributed by atoms with Crippen molar-refractivity contribution in [3.05, 3.63) is 48.2 Å². The fourth-order valence-corrected chi connectivity index (χ4v) is 4.74. The monoisotopic (exact) mass is 403 g/mol. The minimum Gasteiger partial charge on any atom is -0.477 e. The van der Waals surface area contributed by atoms with E-state index < -0.39 is 15.9 Å². The standard InChI is InChI=1S/C20H25N3O4S/c1-2-27-20-18(11-8-12-21-20)19(24)22-16-9-7-10-17(15-16)28(25,26)23-13-5-3-4-6-14-23/h7-12,15H,2-6,13-14H2,1H3,(H,22,24). The maximum absolute atomic E-state index is 13.0. The highest BCUT2D eigenvalue weighted by Gasteiger charge is 2.25. The Balaban J connectivity index is 1.81. The molecule has 1 aliphatic rings. The second-order valence-corrected chi connectivity index (χ2v) is 8.53. The van der Waals surface area contributed by atoms with Crippen LogP contribution in [0.15, 0.2) is 47.5 Å². The highest BCUT2D eigenvalue weighted by atomic mass is 32.2. The normalized spacial score (nSPS) is 15.6. The highest BCUT2D eigenvalue weighted by Crippen LogP contribution is 2.23. The summed E-state index contributed by atoms with van der Waals surface area (Å²) in [4.78, 5) is 16.9. The molecule has 0 atom stereocenters. The highest BCUT2D eigenvalue weighted by molar-refractivity contribution is 7.89. The van der Waals surface area contributed by atoms with Crippen molar-refractivity contribution in [2.24, 2.45) is 0 Å². The lowest BCUT2D eigenvalue weighted by Crippen LogP contribution is -2.32. The van der Waals surface area contributed by atoms with Gasteiger partial charge < -0.3 is 10.1 Å². The number of nitrogens with zero attached hydrogens (tertiary/aromatic N) is 2. The van der Waals surface area contributed by atoms with E-state index in [0.29, 0.717) is 30.9 Å². The molecule has 1 aromatic carbocycles. The number of hydrogen-bond acceptors (Lipinski definition) is 5. The Kier molecular flexibility index (Phi) is 6.64. The van der Waals surface area contributed by atoms with Gasteiger partial charge in [0.25, 0.3) is 5.91 Å². The molecule has 1 fully saturated rings. The Morgan fingerprint density at radius 3 is 2.61 bits per heavy atom. The van der Waals surface area contributed by atoms with Gasteiger partial charge in [-0.2, -0.15) is 4.31 Å². The maximum Gasteiger partial charge on any atom is 0.261 e. The van der Waals surface area contributed by atoms with Crippen LogP contribution in [0.25, 0.3) is 0 Å². The number of amides is 1. The van der Waals surface area contributed by atoms with Crippen LogP contribution in [0.4, 0.5) is 5.69 Å². The molecule has 0 aliphatic carbocycles. The van der Waals surface area contributed by atoms with E-state index in [1.165, 1.54) is 10.4 Å². The summed E-state index contributed by atoms with van der Waals surface area (Å²) in [6.45, 7) is 3.27. The van der Waals surface area contributed by atoms with E-state index in [0.717, 1.165) is 25.7 Å². The SMILES string of the molecule is CCOc1ncccc1C(=O)Nc1cccc(S(=O)(=O)N2CCCCCC2)c1. The summed E-state index contributed by atoms with van der Waals surface area (Å²) in [7, 11) is -3.58. The topological polar surface area (TPSA) is 88.6 Å². The van der Waals surface area contributed by atoms with Crippen molar-refractivity contribution in [1.29, 1.82) is 0 Å². The fourth-order valence-electron chi connectivity index (χ4n) is 3.18. The molecule has 1 amide bonds. The molecule has 8 heteroatoms. The van der Waals surface area contributed by atoms with Crippen molar-refractivity contribution in [3.8, 4) is 5.88 Å². The van der Waals surface area contributed by atoms with Crippen molar-refractivity contribution in [2.45, 2.75) is 37.5 Å². The van der Waals surface area contributed by atoms with Gasteiger partial charge in [0.15, 0.2) is 0 Å². The molecule has 1 saturated heterocycles. The molecule has 2 heterocycles. The first-order chi connectivity index (χ1) is 13.5. The lowest BCUT2D eigenvalue weighted by Gasteiger charge is -2.20. The quantitative estimate of drug-likeness (QED) is 0.799. The van der Waals surface area contributed by atoms with Gasteiger partial charge in [-0.3, -0.25) is 4.79 Å². The number of benzene rings is 1. The smallest absolute Gasteiger partial charge is 0.261 e. The van der Waals surface area contributed by atoms with Crippen LogP contribution in [0, 0.1) is 0 Å². The summed E-state index contributed by atoms with van der Waals surface area (Å²) < 4.78 is 32.9. The number of sulfonamides is 1. The molecule has 0 unspecified atom stereocenters. The average molecular weight is 404 g/mol. The predicted octanol–water partition coefficient (Wildman–Crippen LogP) is 3.30. The van der Waals surface area contributed by atoms with Gasteiger partial charge in [0, 0.05) is 25.0 Å². The van der Waals surface area contributed by atoms with E-state index in [1.54, 1.807) is 36.5 Å². The number of pyridine rings is 1. The van der Waals surface area contributed by atoms with Crippen LogP contribution in [-0.4, -0.2) is 43.3 Å². The Hall–Kier alpha value is -2.45. The number of hydrogen-bond donors (Lipinski definition) is 1. The molecule has 3 rings (SSSR count). The van der Waals surface area contributed by atoms with Crippen LogP contribution >= 0.6 is 0 Å². The lowest BCUT2D eigenvalue weighted by molar-refractivity contribution is 0.102. The Bertz CT molecular complexity index is 923. The zero-order chi connectivity index (χ0) is 20.0. The first-order valence-electron chi connectivity index (χ1n) is 9.52. The molecule has 7 nitrogen and oxygen atoms in total. The molecule has 1 N–H and O–H groups in total. The molecule has 0 saturated carbocycles. The van der Waals surface area contributed by atoms with Crippen molar-refractivity contribution in [3.63, 3.8) is 0 Å². The van der Waals surface area contributed by atoms with Crippen molar-refractivity contribution < 1.29 is 17.9 Å². The van der Waals surface area contributed by atoms with Gasteiger partial charge in [-0.25, -0.2) is 13.4 Å². The maximum atomic E-state index is 13.0. The largest absolute Gasteiger partial charge is 0.477 e. The van der Waals surface area contributed by atoms with Crippen molar-refractivity contribution >= 4 is 21.6 Å². The van der Waals surface area contributed by atoms with Gasteiger partial charge in [0.05, 0.1) is 11.5 Å². The summed E-state index contributed by atoms with van der Waals surface area (Å²) in [6, 6.07) is 9.62. The fraction of sp³-hybridized carbons (Fsp3) is 0.400. The second-order valence-electron chi connectivity index (χ2n) is 6.59. The molecule has 1 aliphatic heterocycles. The number of ether oxygens (including phenoxy) is 1. The van der Waals surface area contributed by atoms with Crippen molar-refractivity contribution in [1.82, 2.24) is 9.29 Å². The van der Waals surface area contributed by atoms with Gasteiger partial charge >= 0.3 is 0 Å². The number of carbonyl (C=O) groups excluding carboxylic acids is 1. The molecule has 0 spiro atoms. The molecular weight excluding hydrogens is 378 g/mol. The first kappa shape index (κ1) is 20.3. The Labute approximate surface area is 165 Å². The summed E-state index contributed by atoms with van der Waals surface area (Å²) in [5.74, 6) is -0.156. The molecule has 0 radical (unpaired) electrons. The van der Waals surface area contributed by atoms with Crippen LogP contribution < -0.4 is 10.1 Å². The van der Waals surface area contributed by atoms with E-state index in [9.17, 15) is 13.2 Å². The summed E-state index contributed by atoms with van der Waals surface area (Å²) in [6.07, 6.45) is 5.40. The predicted molar refractivity (Wildman–Crippen MR) is 107 cm³/mol. The van der Waals surface area contributed by atoms with Crippen molar-refractivity contribution in [2.75, 3.05) is 25.0 Å². The van der Waals surface area contributed by atoms with E-state index in [1.807, 2.05) is 6.92 Å². The molecule has 28 heavy (non-hydrogen) atoms. The van der Waals surface area contributed by atoms with Crippen LogP contribution in [-0.2, 0) is 10.0 Å². The Morgan fingerprint density at radius 1 is 1.14 bits per heavy atom. The third-order valence-electron chi connectivity index (χ3n) is 4.59.